The lowest BCUT2D eigenvalue weighted by Gasteiger charge is -2.31. The fraction of sp³-hybridized carbons (Fsp3) is 0.0435. The standard InChI is InChI=1S/C46H30N4/c1-29-35(11-7-23-48-29)45-21-17-33(28-50-45)31-15-19-39-38-18-14-30(32-16-20-44(49-27-32)34-8-6-22-47-26-34)24-42(38)46(43(39)25-31)40-12-4-2-9-36(40)37-10-3-5-13-41(37)46/h2-28H,1H3. The van der Waals surface area contributed by atoms with Crippen LogP contribution in [0.5, 0.6) is 0 Å². The van der Waals surface area contributed by atoms with Gasteiger partial charge >= 0.3 is 0 Å². The molecule has 4 nitrogen and oxygen atoms in total. The van der Waals surface area contributed by atoms with E-state index in [0.717, 1.165) is 50.5 Å². The fourth-order valence-electron chi connectivity index (χ4n) is 8.23. The maximum absolute atomic E-state index is 4.90. The molecule has 0 unspecified atom stereocenters. The fourth-order valence-corrected chi connectivity index (χ4v) is 8.23. The van der Waals surface area contributed by atoms with Gasteiger partial charge in [0.05, 0.1) is 16.8 Å². The van der Waals surface area contributed by atoms with E-state index < -0.39 is 5.41 Å². The molecule has 0 radical (unpaired) electrons. The number of fused-ring (bicyclic) bond motifs is 10. The Morgan fingerprint density at radius 2 is 0.920 bits per heavy atom. The van der Waals surface area contributed by atoms with Gasteiger partial charge in [-0.15, -0.1) is 0 Å². The highest BCUT2D eigenvalue weighted by molar-refractivity contribution is 5.96. The Balaban J connectivity index is 1.15. The quantitative estimate of drug-likeness (QED) is 0.192. The Bertz CT molecular complexity index is 2540. The molecule has 0 bridgehead atoms. The Hall–Kier alpha value is -6.52. The lowest BCUT2D eigenvalue weighted by Crippen LogP contribution is -2.26. The topological polar surface area (TPSA) is 51.6 Å². The highest BCUT2D eigenvalue weighted by Crippen LogP contribution is 2.63. The summed E-state index contributed by atoms with van der Waals surface area (Å²) < 4.78 is 0. The van der Waals surface area contributed by atoms with Crippen molar-refractivity contribution in [2.45, 2.75) is 12.3 Å². The van der Waals surface area contributed by atoms with E-state index in [2.05, 4.69) is 125 Å². The lowest BCUT2D eigenvalue weighted by molar-refractivity contribution is 0.794. The second-order valence-electron chi connectivity index (χ2n) is 13.1. The molecule has 4 heterocycles. The van der Waals surface area contributed by atoms with Crippen molar-refractivity contribution in [3.05, 3.63) is 192 Å². The van der Waals surface area contributed by atoms with E-state index in [0.29, 0.717) is 0 Å². The van der Waals surface area contributed by atoms with Gasteiger partial charge in [0, 0.05) is 58.9 Å². The minimum Gasteiger partial charge on any atom is -0.264 e. The van der Waals surface area contributed by atoms with E-state index in [9.17, 15) is 0 Å². The molecule has 0 N–H and O–H groups in total. The molecule has 10 rings (SSSR count). The molecule has 0 amide bonds. The molecule has 0 saturated heterocycles. The molecule has 0 aliphatic heterocycles. The highest BCUT2D eigenvalue weighted by Gasteiger charge is 2.51. The second kappa shape index (κ2) is 11.0. The number of benzene rings is 4. The van der Waals surface area contributed by atoms with Gasteiger partial charge < -0.3 is 0 Å². The molecule has 0 saturated carbocycles. The normalized spacial score (nSPS) is 13.1. The van der Waals surface area contributed by atoms with Crippen molar-refractivity contribution in [3.63, 3.8) is 0 Å². The van der Waals surface area contributed by atoms with Crippen molar-refractivity contribution < 1.29 is 0 Å². The van der Waals surface area contributed by atoms with Crippen LogP contribution in [0.4, 0.5) is 0 Å². The average Bonchev–Trinajstić information content (AvgIpc) is 3.65. The molecule has 8 aromatic rings. The Labute approximate surface area is 290 Å². The zero-order valence-corrected chi connectivity index (χ0v) is 27.4. The smallest absolute Gasteiger partial charge is 0.0725 e. The number of pyridine rings is 4. The number of hydrogen-bond donors (Lipinski definition) is 0. The van der Waals surface area contributed by atoms with Gasteiger partial charge in [0.15, 0.2) is 0 Å². The third-order valence-corrected chi connectivity index (χ3v) is 10.5. The summed E-state index contributed by atoms with van der Waals surface area (Å²) in [6.45, 7) is 2.03. The predicted molar refractivity (Wildman–Crippen MR) is 200 cm³/mol. The van der Waals surface area contributed by atoms with Crippen molar-refractivity contribution >= 4 is 0 Å². The molecule has 50 heavy (non-hydrogen) atoms. The SMILES string of the molecule is Cc1ncccc1-c1ccc(-c2ccc3c(c2)C2(c4ccccc4-c4ccccc42)c2cc(-c4ccc(-c5cccnc5)nc4)ccc2-3)cn1. The summed E-state index contributed by atoms with van der Waals surface area (Å²) in [5.41, 5.74) is 19.2. The molecule has 2 aliphatic rings. The number of aryl methyl sites for hydroxylation is 1. The molecule has 0 fully saturated rings. The third-order valence-electron chi connectivity index (χ3n) is 10.5. The number of rotatable bonds is 4. The van der Waals surface area contributed by atoms with E-state index in [4.69, 9.17) is 9.97 Å². The first-order valence-electron chi connectivity index (χ1n) is 16.9. The van der Waals surface area contributed by atoms with Crippen LogP contribution in [-0.4, -0.2) is 19.9 Å². The molecule has 2 aliphatic carbocycles. The maximum Gasteiger partial charge on any atom is 0.0725 e. The van der Waals surface area contributed by atoms with Crippen LogP contribution >= 0.6 is 0 Å². The van der Waals surface area contributed by atoms with E-state index in [1.807, 2.05) is 49.9 Å². The van der Waals surface area contributed by atoms with E-state index >= 15 is 0 Å². The van der Waals surface area contributed by atoms with Crippen LogP contribution in [0, 0.1) is 6.92 Å². The first kappa shape index (κ1) is 28.5. The molecular formula is C46H30N4. The largest absolute Gasteiger partial charge is 0.264 e. The maximum atomic E-state index is 4.90. The summed E-state index contributed by atoms with van der Waals surface area (Å²) in [6.07, 6.45) is 9.44. The number of aromatic nitrogens is 4. The zero-order valence-electron chi connectivity index (χ0n) is 27.4. The van der Waals surface area contributed by atoms with Crippen LogP contribution in [0.3, 0.4) is 0 Å². The Morgan fingerprint density at radius 1 is 0.380 bits per heavy atom. The van der Waals surface area contributed by atoms with Gasteiger partial charge in [0.2, 0.25) is 0 Å². The minimum absolute atomic E-state index is 0.465. The van der Waals surface area contributed by atoms with Gasteiger partial charge in [-0.05, 0) is 111 Å². The lowest BCUT2D eigenvalue weighted by atomic mass is 9.70. The van der Waals surface area contributed by atoms with Gasteiger partial charge in [-0.2, -0.15) is 0 Å². The Morgan fingerprint density at radius 3 is 1.48 bits per heavy atom. The van der Waals surface area contributed by atoms with E-state index in [1.165, 1.54) is 44.5 Å². The van der Waals surface area contributed by atoms with Gasteiger partial charge in [0.1, 0.15) is 0 Å². The summed E-state index contributed by atoms with van der Waals surface area (Å²) in [5.74, 6) is 0. The molecule has 234 valence electrons. The minimum atomic E-state index is -0.465. The monoisotopic (exact) mass is 638 g/mol. The Kier molecular flexibility index (Phi) is 6.27. The zero-order chi connectivity index (χ0) is 33.2. The van der Waals surface area contributed by atoms with Crippen molar-refractivity contribution in [2.75, 3.05) is 0 Å². The predicted octanol–water partition coefficient (Wildman–Crippen LogP) is 10.6. The number of nitrogens with zero attached hydrogens (tertiary/aromatic N) is 4. The van der Waals surface area contributed by atoms with Gasteiger partial charge in [-0.1, -0.05) is 84.9 Å². The first-order chi connectivity index (χ1) is 24.7. The van der Waals surface area contributed by atoms with Crippen LogP contribution in [0.25, 0.3) is 67.0 Å². The summed E-state index contributed by atoms with van der Waals surface area (Å²) in [7, 11) is 0. The summed E-state index contributed by atoms with van der Waals surface area (Å²) in [5, 5.41) is 0. The molecule has 4 aromatic carbocycles. The second-order valence-corrected chi connectivity index (χ2v) is 13.1. The van der Waals surface area contributed by atoms with Gasteiger partial charge in [-0.3, -0.25) is 19.9 Å². The van der Waals surface area contributed by atoms with E-state index in [1.54, 1.807) is 6.20 Å². The summed E-state index contributed by atoms with van der Waals surface area (Å²) in [4.78, 5) is 18.5. The van der Waals surface area contributed by atoms with Crippen molar-refractivity contribution in [1.82, 2.24) is 19.9 Å². The van der Waals surface area contributed by atoms with Crippen LogP contribution in [0.1, 0.15) is 27.9 Å². The molecule has 0 atom stereocenters. The van der Waals surface area contributed by atoms with Crippen molar-refractivity contribution in [3.8, 4) is 67.0 Å². The highest BCUT2D eigenvalue weighted by atomic mass is 14.7. The number of hydrogen-bond acceptors (Lipinski definition) is 4. The average molecular weight is 639 g/mol. The first-order valence-corrected chi connectivity index (χ1v) is 16.9. The van der Waals surface area contributed by atoms with Gasteiger partial charge in [0.25, 0.3) is 0 Å². The van der Waals surface area contributed by atoms with Crippen LogP contribution in [0.2, 0.25) is 0 Å². The molecule has 4 heteroatoms. The van der Waals surface area contributed by atoms with Gasteiger partial charge in [-0.25, -0.2) is 0 Å². The van der Waals surface area contributed by atoms with Crippen LogP contribution < -0.4 is 0 Å². The van der Waals surface area contributed by atoms with Crippen molar-refractivity contribution in [2.24, 2.45) is 0 Å². The third kappa shape index (κ3) is 4.12. The summed E-state index contributed by atoms with van der Waals surface area (Å²) >= 11 is 0. The molecule has 1 spiro atoms. The summed E-state index contributed by atoms with van der Waals surface area (Å²) in [6, 6.07) is 48.4. The molecule has 4 aromatic heterocycles. The van der Waals surface area contributed by atoms with Crippen LogP contribution in [0.15, 0.2) is 164 Å². The van der Waals surface area contributed by atoms with E-state index in [-0.39, 0.29) is 0 Å². The molecular weight excluding hydrogens is 609 g/mol. The van der Waals surface area contributed by atoms with Crippen LogP contribution in [-0.2, 0) is 5.41 Å². The van der Waals surface area contributed by atoms with Crippen molar-refractivity contribution in [1.29, 1.82) is 0 Å².